The quantitative estimate of drug-likeness (QED) is 0.0631. The number of nitrogens with zero attached hydrogens (tertiary/aromatic N) is 5. The first-order valence-electron chi connectivity index (χ1n) is 21.8. The van der Waals surface area contributed by atoms with Gasteiger partial charge in [-0.3, -0.25) is 43.8 Å². The van der Waals surface area contributed by atoms with Crippen molar-refractivity contribution in [2.75, 3.05) is 24.1 Å². The number of aromatic nitrogens is 2. The summed E-state index contributed by atoms with van der Waals surface area (Å²) in [4.78, 5) is 95.4. The molecule has 3 aromatic carbocycles. The van der Waals surface area contributed by atoms with E-state index in [1.165, 1.54) is 12.1 Å². The third kappa shape index (κ3) is 10.2. The number of aryl methyl sites for hydroxylation is 1. The molecule has 1 aromatic heterocycles. The van der Waals surface area contributed by atoms with Crippen LogP contribution in [0.5, 0.6) is 5.75 Å². The van der Waals surface area contributed by atoms with Crippen LogP contribution in [0, 0.1) is 5.82 Å². The number of rotatable bonds is 15. The van der Waals surface area contributed by atoms with Crippen molar-refractivity contribution < 1.29 is 42.7 Å². The minimum Gasteiger partial charge on any atom is -0.482 e. The van der Waals surface area contributed by atoms with Crippen molar-refractivity contribution in [2.24, 2.45) is 0 Å². The molecule has 0 aliphatic carbocycles. The molecule has 0 saturated carbocycles. The normalized spacial score (nSPS) is 18.8. The van der Waals surface area contributed by atoms with Crippen LogP contribution in [0.1, 0.15) is 131 Å². The first kappa shape index (κ1) is 47.5. The summed E-state index contributed by atoms with van der Waals surface area (Å²) in [5.41, 5.74) is 8.18. The van der Waals surface area contributed by atoms with Crippen LogP contribution in [0.15, 0.2) is 60.7 Å². The Bertz CT molecular complexity index is 2580. The highest BCUT2D eigenvalue weighted by Crippen LogP contribution is 2.36. The van der Waals surface area contributed by atoms with Gasteiger partial charge in [0.15, 0.2) is 17.3 Å². The Balaban J connectivity index is 0.839. The topological polar surface area (TPSA) is 214 Å². The van der Waals surface area contributed by atoms with E-state index in [1.54, 1.807) is 48.2 Å². The van der Waals surface area contributed by atoms with Crippen LogP contribution < -0.4 is 21.1 Å². The van der Waals surface area contributed by atoms with Crippen LogP contribution >= 0.6 is 23.2 Å². The molecule has 4 heterocycles. The van der Waals surface area contributed by atoms with E-state index in [4.69, 9.17) is 33.7 Å². The van der Waals surface area contributed by atoms with Gasteiger partial charge in [0, 0.05) is 65.9 Å². The lowest BCUT2D eigenvalue weighted by atomic mass is 9.97. The van der Waals surface area contributed by atoms with Gasteiger partial charge in [-0.2, -0.15) is 0 Å². The molecule has 4 atom stereocenters. The number of amides is 7. The summed E-state index contributed by atoms with van der Waals surface area (Å²) in [5.74, 6) is -3.67. The van der Waals surface area contributed by atoms with Gasteiger partial charge < -0.3 is 25.6 Å². The van der Waals surface area contributed by atoms with E-state index in [9.17, 15) is 38.0 Å². The summed E-state index contributed by atoms with van der Waals surface area (Å²) in [6, 6.07) is 13.9. The van der Waals surface area contributed by atoms with Crippen molar-refractivity contribution >= 4 is 76.1 Å². The maximum atomic E-state index is 14.1. The van der Waals surface area contributed by atoms with Gasteiger partial charge >= 0.3 is 0 Å². The number of imide groups is 2. The summed E-state index contributed by atoms with van der Waals surface area (Å²) >= 11 is 12.4. The number of ether oxygens (including phenoxy) is 1. The molecule has 0 bridgehead atoms. The number of piperazine rings is 1. The maximum absolute atomic E-state index is 14.1. The minimum absolute atomic E-state index is 0.00618. The Labute approximate surface area is 390 Å². The van der Waals surface area contributed by atoms with E-state index in [0.29, 0.717) is 49.2 Å². The van der Waals surface area contributed by atoms with Crippen molar-refractivity contribution in [1.82, 2.24) is 30.2 Å². The molecular weight excluding hydrogens is 894 g/mol. The van der Waals surface area contributed by atoms with Crippen LogP contribution in [-0.2, 0) is 20.8 Å². The monoisotopic (exact) mass is 942 g/mol. The van der Waals surface area contributed by atoms with Crippen LogP contribution in [0.25, 0.3) is 0 Å². The molecule has 0 spiro atoms. The highest BCUT2D eigenvalue weighted by Gasteiger charge is 2.45. The van der Waals surface area contributed by atoms with Crippen molar-refractivity contribution in [1.29, 1.82) is 0 Å². The molecule has 2 saturated heterocycles. The van der Waals surface area contributed by atoms with E-state index in [-0.39, 0.29) is 75.2 Å². The SMILES string of the molecule is C[C@@H]1CN(C(=O)c2ccc(NC(=O)c3cc(O[C@H](C)c4c(Cl)ccc(F)c4Cl)c(N)nn3)cc2)C[C@H](C)N1C(=O)CCCCCCCc1cccc2c1C(=O)N(C1CCC(=O)NC1=O)C2=O. The van der Waals surface area contributed by atoms with Gasteiger partial charge in [0.2, 0.25) is 17.7 Å². The lowest BCUT2D eigenvalue weighted by Crippen LogP contribution is -2.59. The summed E-state index contributed by atoms with van der Waals surface area (Å²) in [7, 11) is 0. The standard InChI is InChI=1S/C47H49Cl2FN8O8/c1-25-23-56(45(63)29-14-16-30(17-15-29)52-43(61)34-22-36(42(51)55-54-34)66-27(3)39-32(48)18-19-33(50)41(39)49)24-26(2)57(25)38(60)13-8-6-4-5-7-10-28-11-9-12-31-40(28)47(65)58(46(31)64)35-20-21-37(59)53-44(35)62/h9,11-12,14-19,22,25-27,35H,4-8,10,13,20-21,23-24H2,1-3H3,(H2,51,55)(H,52,61)(H,53,59,62)/t25-,26+,27-,35?/m1/s1. The number of hydrogen-bond acceptors (Lipinski definition) is 11. The molecule has 16 nitrogen and oxygen atoms in total. The Morgan fingerprint density at radius 1 is 0.924 bits per heavy atom. The first-order chi connectivity index (χ1) is 31.5. The number of fused-ring (bicyclic) bond motifs is 1. The second-order valence-electron chi connectivity index (χ2n) is 16.8. The molecule has 3 aliphatic rings. The smallest absolute Gasteiger partial charge is 0.276 e. The summed E-state index contributed by atoms with van der Waals surface area (Å²) in [5, 5.41) is 12.6. The number of benzene rings is 3. The minimum atomic E-state index is -1.01. The summed E-state index contributed by atoms with van der Waals surface area (Å²) < 4.78 is 20.0. The molecule has 3 aliphatic heterocycles. The fourth-order valence-electron chi connectivity index (χ4n) is 8.85. The van der Waals surface area contributed by atoms with Crippen LogP contribution in [0.3, 0.4) is 0 Å². The average molecular weight is 944 g/mol. The van der Waals surface area contributed by atoms with Gasteiger partial charge in [0.25, 0.3) is 23.6 Å². The molecule has 0 radical (unpaired) electrons. The molecule has 7 amide bonds. The molecule has 4 aromatic rings. The van der Waals surface area contributed by atoms with Crippen LogP contribution in [-0.4, -0.2) is 97.5 Å². The van der Waals surface area contributed by atoms with E-state index < -0.39 is 47.5 Å². The van der Waals surface area contributed by atoms with Gasteiger partial charge in [0.05, 0.1) is 16.1 Å². The molecule has 346 valence electrons. The molecular formula is C47H49Cl2FN8O8. The number of halogens is 3. The largest absolute Gasteiger partial charge is 0.482 e. The zero-order chi connectivity index (χ0) is 47.4. The van der Waals surface area contributed by atoms with Crippen molar-refractivity contribution in [3.05, 3.63) is 110 Å². The Hall–Kier alpha value is -6.46. The van der Waals surface area contributed by atoms with Crippen LogP contribution in [0.4, 0.5) is 15.9 Å². The van der Waals surface area contributed by atoms with Gasteiger partial charge in [0.1, 0.15) is 18.0 Å². The maximum Gasteiger partial charge on any atom is 0.276 e. The fourth-order valence-corrected chi connectivity index (χ4v) is 9.53. The molecule has 19 heteroatoms. The van der Waals surface area contributed by atoms with E-state index in [2.05, 4.69) is 20.8 Å². The first-order valence-corrected chi connectivity index (χ1v) is 22.6. The number of nitrogen functional groups attached to an aromatic ring is 1. The Kier molecular flexibility index (Phi) is 14.7. The van der Waals surface area contributed by atoms with E-state index >= 15 is 0 Å². The number of nitrogens with one attached hydrogen (secondary N) is 2. The zero-order valence-electron chi connectivity index (χ0n) is 36.6. The summed E-state index contributed by atoms with van der Waals surface area (Å²) in [6.07, 6.45) is 4.31. The van der Waals surface area contributed by atoms with Crippen LogP contribution in [0.2, 0.25) is 10.0 Å². The highest BCUT2D eigenvalue weighted by molar-refractivity contribution is 6.36. The van der Waals surface area contributed by atoms with Crippen molar-refractivity contribution in [3.63, 3.8) is 0 Å². The lowest BCUT2D eigenvalue weighted by Gasteiger charge is -2.44. The Morgan fingerprint density at radius 3 is 2.33 bits per heavy atom. The number of piperidine rings is 1. The van der Waals surface area contributed by atoms with Crippen molar-refractivity contribution in [2.45, 2.75) is 103 Å². The number of nitrogens with two attached hydrogens (primary N) is 1. The van der Waals surface area contributed by atoms with Gasteiger partial charge in [-0.25, -0.2) is 4.39 Å². The summed E-state index contributed by atoms with van der Waals surface area (Å²) in [6.45, 7) is 6.15. The molecule has 66 heavy (non-hydrogen) atoms. The van der Waals surface area contributed by atoms with Gasteiger partial charge in [-0.15, -0.1) is 10.2 Å². The molecule has 2 fully saturated rings. The zero-order valence-corrected chi connectivity index (χ0v) is 38.1. The predicted octanol–water partition coefficient (Wildman–Crippen LogP) is 6.94. The van der Waals surface area contributed by atoms with E-state index in [1.807, 2.05) is 24.8 Å². The van der Waals surface area contributed by atoms with E-state index in [0.717, 1.165) is 42.2 Å². The number of anilines is 2. The lowest BCUT2D eigenvalue weighted by molar-refractivity contribution is -0.139. The average Bonchev–Trinajstić information content (AvgIpc) is 3.53. The predicted molar refractivity (Wildman–Crippen MR) is 242 cm³/mol. The Morgan fingerprint density at radius 2 is 1.62 bits per heavy atom. The third-order valence-corrected chi connectivity index (χ3v) is 12.8. The van der Waals surface area contributed by atoms with Gasteiger partial charge in [-0.1, -0.05) is 54.6 Å². The highest BCUT2D eigenvalue weighted by atomic mass is 35.5. The second-order valence-corrected chi connectivity index (χ2v) is 17.6. The second kappa shape index (κ2) is 20.4. The molecule has 1 unspecified atom stereocenters. The van der Waals surface area contributed by atoms with Crippen molar-refractivity contribution in [3.8, 4) is 5.75 Å². The molecule has 7 rings (SSSR count). The number of hydrogen-bond donors (Lipinski definition) is 3. The fraction of sp³-hybridized carbons (Fsp3) is 0.383. The number of carbonyl (C=O) groups is 7. The third-order valence-electron chi connectivity index (χ3n) is 12.1. The van der Waals surface area contributed by atoms with Gasteiger partial charge in [-0.05, 0) is 94.5 Å². The number of carbonyl (C=O) groups excluding carboxylic acids is 7. The molecule has 4 N–H and O–H groups in total. The number of unbranched alkanes of at least 4 members (excludes halogenated alkanes) is 4.